The summed E-state index contributed by atoms with van der Waals surface area (Å²) in [5.41, 5.74) is 0. The third kappa shape index (κ3) is 37.1. The molecule has 8 atom stereocenters. The van der Waals surface area contributed by atoms with E-state index in [4.69, 9.17) is 14.2 Å². The van der Waals surface area contributed by atoms with E-state index < -0.39 is 67.4 Å². The van der Waals surface area contributed by atoms with Gasteiger partial charge in [0.2, 0.25) is 5.91 Å². The van der Waals surface area contributed by atoms with E-state index in [9.17, 15) is 35.1 Å². The van der Waals surface area contributed by atoms with Gasteiger partial charge >= 0.3 is 5.97 Å². The number of nitrogens with one attached hydrogen (secondary N) is 1. The second kappa shape index (κ2) is 49.2. The van der Waals surface area contributed by atoms with Crippen LogP contribution < -0.4 is 5.32 Å². The molecule has 1 aliphatic heterocycles. The van der Waals surface area contributed by atoms with Crippen molar-refractivity contribution in [2.75, 3.05) is 13.2 Å². The van der Waals surface area contributed by atoms with Crippen LogP contribution in [0.2, 0.25) is 0 Å². The molecule has 0 radical (unpaired) electrons. The van der Waals surface area contributed by atoms with E-state index in [2.05, 4.69) is 74.7 Å². The summed E-state index contributed by atoms with van der Waals surface area (Å²) in [4.78, 5) is 26.4. The van der Waals surface area contributed by atoms with E-state index >= 15 is 0 Å². The zero-order chi connectivity index (χ0) is 52.5. The predicted octanol–water partition coefficient (Wildman–Crippen LogP) is 13.4. The van der Waals surface area contributed by atoms with Gasteiger partial charge in [0, 0.05) is 6.42 Å². The number of amides is 1. The predicted molar refractivity (Wildman–Crippen MR) is 296 cm³/mol. The van der Waals surface area contributed by atoms with Gasteiger partial charge in [-0.1, -0.05) is 236 Å². The Hall–Kier alpha value is -2.64. The van der Waals surface area contributed by atoms with Crippen LogP contribution in [-0.2, 0) is 23.8 Å². The van der Waals surface area contributed by atoms with E-state index in [-0.39, 0.29) is 19.4 Å². The molecule has 8 unspecified atom stereocenters. The molecule has 0 bridgehead atoms. The third-order valence-corrected chi connectivity index (χ3v) is 13.7. The Morgan fingerprint density at radius 3 is 1.46 bits per heavy atom. The number of rotatable bonds is 49. The molecule has 0 saturated carbocycles. The zero-order valence-corrected chi connectivity index (χ0v) is 46.0. The number of esters is 1. The Morgan fingerprint density at radius 2 is 0.958 bits per heavy atom. The van der Waals surface area contributed by atoms with Gasteiger partial charge in [-0.3, -0.25) is 9.59 Å². The van der Waals surface area contributed by atoms with Gasteiger partial charge in [-0.2, -0.15) is 0 Å². The number of aliphatic hydroxyl groups is 5. The molecule has 0 spiro atoms. The molecular weight excluding hydrogens is 907 g/mol. The SMILES string of the molecule is CCCCC/C=C\C/C=C\C/C=C\C/C=C\CCCCC(O)C(=O)NC(COC1OC(CO)C(O)C(O)C1OC(=O)CCCCCCCCCCCCCCCC)C(O)/C=C/CCCCCCCCCCC. The van der Waals surface area contributed by atoms with Crippen LogP contribution in [0.1, 0.15) is 252 Å². The second-order valence-electron chi connectivity index (χ2n) is 20.4. The molecule has 0 aliphatic carbocycles. The molecule has 6 N–H and O–H groups in total. The number of hydrogen-bond acceptors (Lipinski definition) is 10. The molecule has 1 saturated heterocycles. The highest BCUT2D eigenvalue weighted by atomic mass is 16.7. The van der Waals surface area contributed by atoms with E-state index in [1.54, 1.807) is 6.08 Å². The summed E-state index contributed by atoms with van der Waals surface area (Å²) in [5.74, 6) is -1.22. The van der Waals surface area contributed by atoms with Crippen molar-refractivity contribution in [2.45, 2.75) is 301 Å². The van der Waals surface area contributed by atoms with Gasteiger partial charge in [0.05, 0.1) is 25.4 Å². The van der Waals surface area contributed by atoms with Crippen molar-refractivity contribution in [3.05, 3.63) is 60.8 Å². The summed E-state index contributed by atoms with van der Waals surface area (Å²) < 4.78 is 17.6. The van der Waals surface area contributed by atoms with Crippen molar-refractivity contribution >= 4 is 11.9 Å². The fraction of sp³-hybridized carbons (Fsp3) is 0.803. The third-order valence-electron chi connectivity index (χ3n) is 13.7. The van der Waals surface area contributed by atoms with Gasteiger partial charge in [0.15, 0.2) is 12.4 Å². The molecular formula is C61H109NO10. The Bertz CT molecular complexity index is 1400. The standard InChI is InChI=1S/C61H109NO10/c1-4-7-10-13-16-19-22-24-26-27-28-29-30-33-36-39-42-45-48-54(65)60(69)62-52(53(64)47-44-41-38-35-32-21-18-15-12-9-6-3)51-70-61-59(58(68)57(67)55(50-63)71-61)72-56(66)49-46-43-40-37-34-31-25-23-20-17-14-11-8-5-2/h16,19,24,26,28-29,33,36,44,47,52-55,57-59,61,63-65,67-68H,4-15,17-18,20-23,25,27,30-32,34-35,37-43,45-46,48-51H2,1-3H3,(H,62,69)/b19-16-,26-24-,29-28-,36-33-,47-44+. The Morgan fingerprint density at radius 1 is 0.542 bits per heavy atom. The van der Waals surface area contributed by atoms with Gasteiger partial charge in [0.25, 0.3) is 0 Å². The first kappa shape index (κ1) is 67.4. The van der Waals surface area contributed by atoms with Crippen LogP contribution in [0.15, 0.2) is 60.8 Å². The number of unbranched alkanes of at least 4 members (excludes halogenated alkanes) is 27. The lowest BCUT2D eigenvalue weighted by molar-refractivity contribution is -0.305. The van der Waals surface area contributed by atoms with Crippen LogP contribution in [0.5, 0.6) is 0 Å². The average Bonchev–Trinajstić information content (AvgIpc) is 3.38. The number of allylic oxidation sites excluding steroid dienone is 9. The normalized spacial score (nSPS) is 19.9. The molecule has 418 valence electrons. The molecule has 0 aromatic carbocycles. The molecule has 1 fully saturated rings. The maximum absolute atomic E-state index is 13.4. The first-order chi connectivity index (χ1) is 35.2. The van der Waals surface area contributed by atoms with Crippen molar-refractivity contribution in [1.29, 1.82) is 0 Å². The highest BCUT2D eigenvalue weighted by Crippen LogP contribution is 2.26. The lowest BCUT2D eigenvalue weighted by Gasteiger charge is -2.41. The number of ether oxygens (including phenoxy) is 3. The van der Waals surface area contributed by atoms with Gasteiger partial charge < -0.3 is 45.1 Å². The first-order valence-electron chi connectivity index (χ1n) is 29.6. The lowest BCUT2D eigenvalue weighted by Crippen LogP contribution is -2.61. The highest BCUT2D eigenvalue weighted by molar-refractivity contribution is 5.80. The topological polar surface area (TPSA) is 175 Å². The smallest absolute Gasteiger partial charge is 0.306 e. The lowest BCUT2D eigenvalue weighted by atomic mass is 9.99. The number of hydrogen-bond donors (Lipinski definition) is 6. The minimum Gasteiger partial charge on any atom is -0.454 e. The van der Waals surface area contributed by atoms with Crippen molar-refractivity contribution < 1.29 is 49.3 Å². The Labute approximate surface area is 439 Å². The molecule has 0 aromatic rings. The summed E-state index contributed by atoms with van der Waals surface area (Å²) >= 11 is 0. The van der Waals surface area contributed by atoms with E-state index in [0.717, 1.165) is 77.0 Å². The summed E-state index contributed by atoms with van der Waals surface area (Å²) in [7, 11) is 0. The van der Waals surface area contributed by atoms with Crippen LogP contribution in [0.25, 0.3) is 0 Å². The minimum atomic E-state index is -1.62. The second-order valence-corrected chi connectivity index (χ2v) is 20.4. The number of carbonyl (C=O) groups excluding carboxylic acids is 2. The van der Waals surface area contributed by atoms with Gasteiger partial charge in [-0.25, -0.2) is 0 Å². The number of carbonyl (C=O) groups is 2. The summed E-state index contributed by atoms with van der Waals surface area (Å²) in [5, 5.41) is 56.8. The van der Waals surface area contributed by atoms with Crippen LogP contribution in [-0.4, -0.2) is 99.6 Å². The summed E-state index contributed by atoms with van der Waals surface area (Å²) in [6, 6.07) is -1.04. The fourth-order valence-electron chi connectivity index (χ4n) is 8.93. The van der Waals surface area contributed by atoms with Crippen LogP contribution in [0.4, 0.5) is 0 Å². The minimum absolute atomic E-state index is 0.121. The first-order valence-corrected chi connectivity index (χ1v) is 29.6. The van der Waals surface area contributed by atoms with Crippen molar-refractivity contribution in [1.82, 2.24) is 5.32 Å². The van der Waals surface area contributed by atoms with Crippen LogP contribution in [0.3, 0.4) is 0 Å². The van der Waals surface area contributed by atoms with Crippen LogP contribution in [0, 0.1) is 0 Å². The number of aliphatic hydroxyl groups excluding tert-OH is 5. The monoisotopic (exact) mass is 1020 g/mol. The summed E-state index contributed by atoms with van der Waals surface area (Å²) in [6.07, 6.45) is 49.8. The molecule has 72 heavy (non-hydrogen) atoms. The van der Waals surface area contributed by atoms with Gasteiger partial charge in [0.1, 0.15) is 24.4 Å². The quantitative estimate of drug-likeness (QED) is 0.0195. The fourth-order valence-corrected chi connectivity index (χ4v) is 8.93. The molecule has 11 nitrogen and oxygen atoms in total. The van der Waals surface area contributed by atoms with Gasteiger partial charge in [-0.05, 0) is 70.6 Å². The average molecular weight is 1020 g/mol. The largest absolute Gasteiger partial charge is 0.454 e. The molecule has 0 aromatic heterocycles. The summed E-state index contributed by atoms with van der Waals surface area (Å²) in [6.45, 7) is 5.73. The van der Waals surface area contributed by atoms with Gasteiger partial charge in [-0.15, -0.1) is 0 Å². The zero-order valence-electron chi connectivity index (χ0n) is 46.0. The molecule has 1 aliphatic rings. The van der Waals surface area contributed by atoms with E-state index in [1.807, 2.05) is 6.08 Å². The van der Waals surface area contributed by atoms with E-state index in [0.29, 0.717) is 12.8 Å². The molecule has 1 amide bonds. The highest BCUT2D eigenvalue weighted by Gasteiger charge is 2.47. The van der Waals surface area contributed by atoms with Crippen molar-refractivity contribution in [3.63, 3.8) is 0 Å². The molecule has 1 heterocycles. The maximum Gasteiger partial charge on any atom is 0.306 e. The molecule has 1 rings (SSSR count). The van der Waals surface area contributed by atoms with Crippen molar-refractivity contribution in [2.24, 2.45) is 0 Å². The maximum atomic E-state index is 13.4. The van der Waals surface area contributed by atoms with E-state index in [1.165, 1.54) is 128 Å². The Balaban J connectivity index is 2.73. The Kier molecular flexibility index (Phi) is 46.1. The molecule has 11 heteroatoms. The van der Waals surface area contributed by atoms with Crippen molar-refractivity contribution in [3.8, 4) is 0 Å². The van der Waals surface area contributed by atoms with Crippen LogP contribution >= 0.6 is 0 Å².